The van der Waals surface area contributed by atoms with Crippen molar-refractivity contribution in [2.75, 3.05) is 20.1 Å². The monoisotopic (exact) mass is 335 g/mol. The third kappa shape index (κ3) is 3.73. The van der Waals surface area contributed by atoms with E-state index in [4.69, 9.17) is 0 Å². The van der Waals surface area contributed by atoms with Gasteiger partial charge >= 0.3 is 6.03 Å². The SMILES string of the molecule is CC1CCC(N(C(=O)CCCN2C(=O)CN(C)C2=O)C2CC2)CC1. The van der Waals surface area contributed by atoms with E-state index in [2.05, 4.69) is 11.8 Å². The predicted octanol–water partition coefficient (Wildman–Crippen LogP) is 2.23. The van der Waals surface area contributed by atoms with Crippen LogP contribution in [0.25, 0.3) is 0 Å². The van der Waals surface area contributed by atoms with Gasteiger partial charge in [0.1, 0.15) is 6.54 Å². The topological polar surface area (TPSA) is 60.9 Å². The summed E-state index contributed by atoms with van der Waals surface area (Å²) < 4.78 is 0. The molecule has 3 rings (SSSR count). The molecule has 2 aliphatic carbocycles. The molecule has 3 fully saturated rings. The second-order valence-corrected chi connectivity index (χ2v) is 7.73. The van der Waals surface area contributed by atoms with Crippen molar-refractivity contribution in [3.8, 4) is 0 Å². The summed E-state index contributed by atoms with van der Waals surface area (Å²) >= 11 is 0. The Morgan fingerprint density at radius 1 is 1.08 bits per heavy atom. The molecule has 0 radical (unpaired) electrons. The van der Waals surface area contributed by atoms with Crippen molar-refractivity contribution in [1.29, 1.82) is 0 Å². The first-order chi connectivity index (χ1) is 11.5. The summed E-state index contributed by atoms with van der Waals surface area (Å²) in [5.74, 6) is 0.835. The molecule has 134 valence electrons. The minimum atomic E-state index is -0.243. The summed E-state index contributed by atoms with van der Waals surface area (Å²) in [7, 11) is 1.63. The van der Waals surface area contributed by atoms with E-state index in [1.807, 2.05) is 0 Å². The lowest BCUT2D eigenvalue weighted by molar-refractivity contribution is -0.135. The Kier molecular flexibility index (Phi) is 5.11. The highest BCUT2D eigenvalue weighted by molar-refractivity contribution is 6.01. The van der Waals surface area contributed by atoms with Crippen LogP contribution in [0.2, 0.25) is 0 Å². The van der Waals surface area contributed by atoms with Gasteiger partial charge in [-0.25, -0.2) is 4.79 Å². The molecule has 0 spiro atoms. The van der Waals surface area contributed by atoms with Gasteiger partial charge in [0.25, 0.3) is 0 Å². The molecule has 0 bridgehead atoms. The van der Waals surface area contributed by atoms with Gasteiger partial charge in [0.2, 0.25) is 11.8 Å². The molecule has 0 atom stereocenters. The van der Waals surface area contributed by atoms with Crippen molar-refractivity contribution in [1.82, 2.24) is 14.7 Å². The van der Waals surface area contributed by atoms with Crippen LogP contribution in [-0.4, -0.2) is 64.8 Å². The van der Waals surface area contributed by atoms with Crippen LogP contribution in [0, 0.1) is 5.92 Å². The highest BCUT2D eigenvalue weighted by Crippen LogP contribution is 2.35. The quantitative estimate of drug-likeness (QED) is 0.699. The van der Waals surface area contributed by atoms with Crippen LogP contribution in [0.4, 0.5) is 4.79 Å². The summed E-state index contributed by atoms with van der Waals surface area (Å²) in [6.45, 7) is 2.80. The number of rotatable bonds is 6. The Hall–Kier alpha value is -1.59. The van der Waals surface area contributed by atoms with Crippen LogP contribution in [0.3, 0.4) is 0 Å². The number of hydrogen-bond donors (Lipinski definition) is 0. The zero-order valence-electron chi connectivity index (χ0n) is 14.9. The average Bonchev–Trinajstić information content (AvgIpc) is 3.34. The Bertz CT molecular complexity index is 510. The first-order valence-corrected chi connectivity index (χ1v) is 9.34. The van der Waals surface area contributed by atoms with Gasteiger partial charge in [-0.3, -0.25) is 14.5 Å². The van der Waals surface area contributed by atoms with E-state index in [1.165, 1.54) is 22.6 Å². The summed E-state index contributed by atoms with van der Waals surface area (Å²) in [5.41, 5.74) is 0. The molecule has 1 heterocycles. The summed E-state index contributed by atoms with van der Waals surface area (Å²) in [6, 6.07) is 0.604. The number of likely N-dealkylation sites (N-methyl/N-ethyl adjacent to an activating group) is 1. The molecule has 0 N–H and O–H groups in total. The predicted molar refractivity (Wildman–Crippen MR) is 90.3 cm³/mol. The largest absolute Gasteiger partial charge is 0.337 e. The maximum atomic E-state index is 12.7. The van der Waals surface area contributed by atoms with E-state index in [9.17, 15) is 14.4 Å². The Morgan fingerprint density at radius 2 is 1.67 bits per heavy atom. The number of imide groups is 1. The lowest BCUT2D eigenvalue weighted by Gasteiger charge is -2.36. The molecule has 0 unspecified atom stereocenters. The molecule has 1 saturated heterocycles. The third-order valence-corrected chi connectivity index (χ3v) is 5.61. The molecule has 3 aliphatic rings. The number of nitrogens with zero attached hydrogens (tertiary/aromatic N) is 3. The second-order valence-electron chi connectivity index (χ2n) is 7.73. The molecule has 0 aromatic heterocycles. The van der Waals surface area contributed by atoms with Crippen molar-refractivity contribution in [3.05, 3.63) is 0 Å². The van der Waals surface area contributed by atoms with E-state index in [-0.39, 0.29) is 24.4 Å². The molecule has 6 heteroatoms. The Morgan fingerprint density at radius 3 is 2.17 bits per heavy atom. The maximum Gasteiger partial charge on any atom is 0.326 e. The Labute approximate surface area is 144 Å². The standard InChI is InChI=1S/C18H29N3O3/c1-13-5-7-14(8-6-13)21(15-9-10-15)16(22)4-3-11-20-17(23)12-19(2)18(20)24/h13-15H,3-12H2,1-2H3. The molecule has 24 heavy (non-hydrogen) atoms. The fourth-order valence-corrected chi connectivity index (χ4v) is 3.99. The van der Waals surface area contributed by atoms with Crippen molar-refractivity contribution in [2.45, 2.75) is 70.4 Å². The molecule has 0 aromatic rings. The minimum Gasteiger partial charge on any atom is -0.337 e. The van der Waals surface area contributed by atoms with E-state index in [0.29, 0.717) is 31.5 Å². The molecule has 2 saturated carbocycles. The van der Waals surface area contributed by atoms with E-state index >= 15 is 0 Å². The highest BCUT2D eigenvalue weighted by Gasteiger charge is 2.38. The maximum absolute atomic E-state index is 12.7. The van der Waals surface area contributed by atoms with Crippen molar-refractivity contribution >= 4 is 17.8 Å². The molecular formula is C18H29N3O3. The van der Waals surface area contributed by atoms with Crippen LogP contribution in [0.5, 0.6) is 0 Å². The minimum absolute atomic E-state index is 0.154. The average molecular weight is 335 g/mol. The normalized spacial score (nSPS) is 27.8. The van der Waals surface area contributed by atoms with Gasteiger partial charge in [-0.1, -0.05) is 6.92 Å². The molecule has 4 amide bonds. The van der Waals surface area contributed by atoms with Gasteiger partial charge in [-0.2, -0.15) is 0 Å². The zero-order valence-corrected chi connectivity index (χ0v) is 14.9. The van der Waals surface area contributed by atoms with Crippen LogP contribution in [0.15, 0.2) is 0 Å². The van der Waals surface area contributed by atoms with Gasteiger partial charge in [-0.05, 0) is 50.9 Å². The Balaban J connectivity index is 1.49. The number of amides is 4. The summed E-state index contributed by atoms with van der Waals surface area (Å²) in [6.07, 6.45) is 7.93. The number of carbonyl (C=O) groups is 3. The van der Waals surface area contributed by atoms with Crippen LogP contribution >= 0.6 is 0 Å². The lowest BCUT2D eigenvalue weighted by atomic mass is 9.86. The van der Waals surface area contributed by atoms with Gasteiger partial charge in [0, 0.05) is 32.1 Å². The number of hydrogen-bond acceptors (Lipinski definition) is 3. The van der Waals surface area contributed by atoms with Gasteiger partial charge in [0.05, 0.1) is 0 Å². The van der Waals surface area contributed by atoms with Crippen molar-refractivity contribution in [3.63, 3.8) is 0 Å². The fourth-order valence-electron chi connectivity index (χ4n) is 3.99. The smallest absolute Gasteiger partial charge is 0.326 e. The molecular weight excluding hydrogens is 306 g/mol. The molecule has 6 nitrogen and oxygen atoms in total. The van der Waals surface area contributed by atoms with Crippen molar-refractivity contribution < 1.29 is 14.4 Å². The van der Waals surface area contributed by atoms with Crippen LogP contribution in [0.1, 0.15) is 58.3 Å². The highest BCUT2D eigenvalue weighted by atomic mass is 16.2. The molecule has 0 aromatic carbocycles. The van der Waals surface area contributed by atoms with Crippen molar-refractivity contribution in [2.24, 2.45) is 5.92 Å². The van der Waals surface area contributed by atoms with Crippen LogP contribution < -0.4 is 0 Å². The first kappa shape index (κ1) is 17.2. The number of urea groups is 1. The zero-order chi connectivity index (χ0) is 17.3. The number of carbonyl (C=O) groups excluding carboxylic acids is 3. The third-order valence-electron chi connectivity index (χ3n) is 5.61. The van der Waals surface area contributed by atoms with Gasteiger partial charge in [-0.15, -0.1) is 0 Å². The van der Waals surface area contributed by atoms with Gasteiger partial charge in [0.15, 0.2) is 0 Å². The first-order valence-electron chi connectivity index (χ1n) is 9.34. The molecule has 1 aliphatic heterocycles. The fraction of sp³-hybridized carbons (Fsp3) is 0.833. The second kappa shape index (κ2) is 7.11. The van der Waals surface area contributed by atoms with E-state index in [0.717, 1.165) is 31.6 Å². The summed E-state index contributed by atoms with van der Waals surface area (Å²) in [5, 5.41) is 0. The summed E-state index contributed by atoms with van der Waals surface area (Å²) in [4.78, 5) is 41.2. The lowest BCUT2D eigenvalue weighted by Crippen LogP contribution is -2.44. The van der Waals surface area contributed by atoms with E-state index < -0.39 is 0 Å². The van der Waals surface area contributed by atoms with E-state index in [1.54, 1.807) is 7.05 Å². The van der Waals surface area contributed by atoms with Gasteiger partial charge < -0.3 is 9.80 Å². The van der Waals surface area contributed by atoms with Crippen LogP contribution in [-0.2, 0) is 9.59 Å².